The Balaban J connectivity index is 2.52. The molecule has 0 heterocycles. The molecule has 0 fully saturated rings. The van der Waals surface area contributed by atoms with Gasteiger partial charge in [0.2, 0.25) is 0 Å². The Labute approximate surface area is 97.4 Å². The van der Waals surface area contributed by atoms with Crippen LogP contribution in [0.3, 0.4) is 0 Å². The lowest BCUT2D eigenvalue weighted by Crippen LogP contribution is -2.26. The minimum atomic E-state index is 0.223. The van der Waals surface area contributed by atoms with Gasteiger partial charge in [-0.3, -0.25) is 0 Å². The first-order chi connectivity index (χ1) is 7.77. The molecular weight excluding hydrogens is 202 g/mol. The first-order valence-corrected chi connectivity index (χ1v) is 5.82. The van der Waals surface area contributed by atoms with Crippen molar-refractivity contribution >= 4 is 0 Å². The lowest BCUT2D eigenvalue weighted by molar-refractivity contribution is 0.268. The van der Waals surface area contributed by atoms with Crippen LogP contribution in [0.4, 0.5) is 0 Å². The molecule has 3 heteroatoms. The van der Waals surface area contributed by atoms with Crippen LogP contribution in [0, 0.1) is 0 Å². The van der Waals surface area contributed by atoms with Gasteiger partial charge in [-0.1, -0.05) is 18.2 Å². The summed E-state index contributed by atoms with van der Waals surface area (Å²) in [5.74, 6) is 0.939. The minimum Gasteiger partial charge on any atom is -0.494 e. The van der Waals surface area contributed by atoms with E-state index < -0.39 is 0 Å². The highest BCUT2D eigenvalue weighted by atomic mass is 16.5. The molecule has 0 saturated heterocycles. The van der Waals surface area contributed by atoms with Crippen LogP contribution < -0.4 is 10.1 Å². The van der Waals surface area contributed by atoms with E-state index in [1.165, 1.54) is 0 Å². The third-order valence-corrected chi connectivity index (χ3v) is 2.48. The molecule has 0 spiro atoms. The number of hydrogen-bond donors (Lipinski definition) is 2. The summed E-state index contributed by atoms with van der Waals surface area (Å²) >= 11 is 0. The summed E-state index contributed by atoms with van der Waals surface area (Å²) in [5, 5.41) is 12.2. The van der Waals surface area contributed by atoms with Gasteiger partial charge in [0.05, 0.1) is 6.61 Å². The van der Waals surface area contributed by atoms with Gasteiger partial charge in [0.15, 0.2) is 0 Å². The van der Waals surface area contributed by atoms with Gasteiger partial charge in [0, 0.05) is 24.8 Å². The van der Waals surface area contributed by atoms with Crippen LogP contribution in [0.5, 0.6) is 5.75 Å². The summed E-state index contributed by atoms with van der Waals surface area (Å²) in [5.41, 5.74) is 1.16. The van der Waals surface area contributed by atoms with Crippen LogP contribution >= 0.6 is 0 Å². The van der Waals surface area contributed by atoms with Crippen LogP contribution in [-0.4, -0.2) is 24.4 Å². The van der Waals surface area contributed by atoms with Crippen LogP contribution in [-0.2, 0) is 6.54 Å². The normalized spacial score (nSPS) is 12.4. The number of aliphatic hydroxyl groups excluding tert-OH is 1. The number of ether oxygens (including phenoxy) is 1. The highest BCUT2D eigenvalue weighted by molar-refractivity contribution is 5.33. The zero-order chi connectivity index (χ0) is 11.8. The van der Waals surface area contributed by atoms with Crippen LogP contribution in [0.1, 0.15) is 25.8 Å². The number of aliphatic hydroxyl groups is 1. The second-order valence-corrected chi connectivity index (χ2v) is 3.83. The molecule has 0 saturated carbocycles. The van der Waals surface area contributed by atoms with Crippen molar-refractivity contribution < 1.29 is 9.84 Å². The summed E-state index contributed by atoms with van der Waals surface area (Å²) in [6.45, 7) is 5.74. The summed E-state index contributed by atoms with van der Waals surface area (Å²) in [6, 6.07) is 8.35. The van der Waals surface area contributed by atoms with Crippen LogP contribution in [0.25, 0.3) is 0 Å². The third kappa shape index (κ3) is 4.21. The second kappa shape index (κ2) is 7.25. The number of rotatable bonds is 7. The predicted molar refractivity (Wildman–Crippen MR) is 65.6 cm³/mol. The average Bonchev–Trinajstić information content (AvgIpc) is 2.29. The molecule has 1 atom stereocenters. The Hall–Kier alpha value is -1.06. The maximum Gasteiger partial charge on any atom is 0.123 e. The molecule has 0 aliphatic rings. The van der Waals surface area contributed by atoms with Crippen molar-refractivity contribution in [2.45, 2.75) is 32.9 Å². The van der Waals surface area contributed by atoms with E-state index in [1.54, 1.807) is 0 Å². The molecule has 3 nitrogen and oxygen atoms in total. The second-order valence-electron chi connectivity index (χ2n) is 3.83. The van der Waals surface area contributed by atoms with E-state index in [2.05, 4.69) is 18.3 Å². The van der Waals surface area contributed by atoms with E-state index in [1.807, 2.05) is 25.1 Å². The van der Waals surface area contributed by atoms with Gasteiger partial charge in [0.25, 0.3) is 0 Å². The Bertz CT molecular complexity index is 302. The lowest BCUT2D eigenvalue weighted by Gasteiger charge is -2.14. The van der Waals surface area contributed by atoms with E-state index >= 15 is 0 Å². The molecular formula is C13H21NO2. The van der Waals surface area contributed by atoms with E-state index in [0.717, 1.165) is 24.3 Å². The third-order valence-electron chi connectivity index (χ3n) is 2.48. The standard InChI is InChI=1S/C13H21NO2/c1-3-16-13-7-5-4-6-12(13)10-14-11(2)8-9-15/h4-7,11,14-15H,3,8-10H2,1-2H3. The van der Waals surface area contributed by atoms with Crippen molar-refractivity contribution in [3.63, 3.8) is 0 Å². The summed E-state index contributed by atoms with van der Waals surface area (Å²) < 4.78 is 5.54. The first-order valence-electron chi connectivity index (χ1n) is 5.82. The smallest absolute Gasteiger partial charge is 0.123 e. The van der Waals surface area contributed by atoms with E-state index in [-0.39, 0.29) is 6.61 Å². The monoisotopic (exact) mass is 223 g/mol. The lowest BCUT2D eigenvalue weighted by atomic mass is 10.1. The predicted octanol–water partition coefficient (Wildman–Crippen LogP) is 1.95. The van der Waals surface area contributed by atoms with Gasteiger partial charge in [0.1, 0.15) is 5.75 Å². The minimum absolute atomic E-state index is 0.223. The fourth-order valence-electron chi connectivity index (χ4n) is 1.53. The summed E-state index contributed by atoms with van der Waals surface area (Å²) in [4.78, 5) is 0. The molecule has 1 aromatic carbocycles. The van der Waals surface area contributed by atoms with E-state index in [4.69, 9.17) is 9.84 Å². The highest BCUT2D eigenvalue weighted by Gasteiger charge is 2.04. The van der Waals surface area contributed by atoms with Gasteiger partial charge in [-0.25, -0.2) is 0 Å². The van der Waals surface area contributed by atoms with E-state index in [9.17, 15) is 0 Å². The molecule has 16 heavy (non-hydrogen) atoms. The van der Waals surface area contributed by atoms with Crippen LogP contribution in [0.2, 0.25) is 0 Å². The molecule has 2 N–H and O–H groups in total. The van der Waals surface area contributed by atoms with Crippen molar-refractivity contribution in [3.8, 4) is 5.75 Å². The topological polar surface area (TPSA) is 41.5 Å². The van der Waals surface area contributed by atoms with Gasteiger partial charge in [-0.15, -0.1) is 0 Å². The number of benzene rings is 1. The van der Waals surface area contributed by atoms with Crippen molar-refractivity contribution in [3.05, 3.63) is 29.8 Å². The molecule has 0 bridgehead atoms. The van der Waals surface area contributed by atoms with Crippen molar-refractivity contribution in [2.75, 3.05) is 13.2 Å². The van der Waals surface area contributed by atoms with Gasteiger partial charge in [-0.2, -0.15) is 0 Å². The number of para-hydroxylation sites is 1. The highest BCUT2D eigenvalue weighted by Crippen LogP contribution is 2.17. The molecule has 90 valence electrons. The van der Waals surface area contributed by atoms with Gasteiger partial charge >= 0.3 is 0 Å². The quantitative estimate of drug-likeness (QED) is 0.742. The van der Waals surface area contributed by atoms with Crippen molar-refractivity contribution in [1.82, 2.24) is 5.32 Å². The average molecular weight is 223 g/mol. The number of nitrogens with one attached hydrogen (secondary N) is 1. The molecule has 0 aromatic heterocycles. The molecule has 0 aliphatic heterocycles. The maximum absolute atomic E-state index is 8.81. The Morgan fingerprint density at radius 1 is 1.38 bits per heavy atom. The van der Waals surface area contributed by atoms with Gasteiger partial charge in [-0.05, 0) is 26.3 Å². The summed E-state index contributed by atoms with van der Waals surface area (Å²) in [6.07, 6.45) is 0.775. The molecule has 0 radical (unpaired) electrons. The molecule has 1 rings (SSSR count). The zero-order valence-corrected chi connectivity index (χ0v) is 10.1. The molecule has 0 aliphatic carbocycles. The molecule has 1 unspecified atom stereocenters. The Kier molecular flexibility index (Phi) is 5.90. The fraction of sp³-hybridized carbons (Fsp3) is 0.538. The van der Waals surface area contributed by atoms with Crippen molar-refractivity contribution in [2.24, 2.45) is 0 Å². The molecule has 0 amide bonds. The SMILES string of the molecule is CCOc1ccccc1CNC(C)CCO. The van der Waals surface area contributed by atoms with Crippen LogP contribution in [0.15, 0.2) is 24.3 Å². The Morgan fingerprint density at radius 2 is 2.12 bits per heavy atom. The summed E-state index contributed by atoms with van der Waals surface area (Å²) in [7, 11) is 0. The van der Waals surface area contributed by atoms with Gasteiger partial charge < -0.3 is 15.2 Å². The fourth-order valence-corrected chi connectivity index (χ4v) is 1.53. The Morgan fingerprint density at radius 3 is 2.81 bits per heavy atom. The zero-order valence-electron chi connectivity index (χ0n) is 10.1. The maximum atomic E-state index is 8.81. The number of hydrogen-bond acceptors (Lipinski definition) is 3. The van der Waals surface area contributed by atoms with E-state index in [0.29, 0.717) is 12.6 Å². The van der Waals surface area contributed by atoms with Crippen molar-refractivity contribution in [1.29, 1.82) is 0 Å². The molecule has 1 aromatic rings. The first kappa shape index (κ1) is 13.0. The largest absolute Gasteiger partial charge is 0.494 e.